The second-order valence-corrected chi connectivity index (χ2v) is 8.83. The van der Waals surface area contributed by atoms with E-state index >= 15 is 0 Å². The monoisotopic (exact) mass is 435 g/mol. The third-order valence-corrected chi connectivity index (χ3v) is 5.70. The van der Waals surface area contributed by atoms with Gasteiger partial charge in [0.2, 0.25) is 5.91 Å². The second-order valence-electron chi connectivity index (χ2n) is 7.28. The molecule has 7 heteroatoms. The Balaban J connectivity index is 1.75. The van der Waals surface area contributed by atoms with Gasteiger partial charge in [-0.15, -0.1) is 6.42 Å². The molecule has 2 aromatic carbocycles. The number of hydrogen-bond acceptors (Lipinski definition) is 3. The molecular weight excluding hydrogens is 410 g/mol. The fourth-order valence-electron chi connectivity index (χ4n) is 3.24. The number of fused-ring (bicyclic) bond motifs is 1. The first kappa shape index (κ1) is 22.5. The molecule has 0 saturated heterocycles. The van der Waals surface area contributed by atoms with Crippen LogP contribution in [0.15, 0.2) is 60.7 Å². The molecule has 160 valence electrons. The molecule has 3 atom stereocenters. The number of terminal acetylenes is 1. The molecule has 6 nitrogen and oxygen atoms in total. The van der Waals surface area contributed by atoms with Crippen LogP contribution in [0.3, 0.4) is 0 Å². The van der Waals surface area contributed by atoms with Crippen LogP contribution in [0, 0.1) is 12.3 Å². The van der Waals surface area contributed by atoms with E-state index < -0.39 is 23.3 Å². The van der Waals surface area contributed by atoms with Crippen LogP contribution in [0.5, 0.6) is 0 Å². The number of aromatic nitrogens is 1. The van der Waals surface area contributed by atoms with Crippen molar-refractivity contribution < 1.29 is 14.1 Å². The number of hydrogen-bond donors (Lipinski definition) is 3. The van der Waals surface area contributed by atoms with Gasteiger partial charge in [-0.1, -0.05) is 65.6 Å². The first-order valence-electron chi connectivity index (χ1n) is 9.95. The molecule has 3 N–H and O–H groups in total. The zero-order valence-electron chi connectivity index (χ0n) is 17.3. The summed E-state index contributed by atoms with van der Waals surface area (Å²) in [5, 5.41) is 6.53. The van der Waals surface area contributed by atoms with Crippen molar-refractivity contribution in [3.05, 3.63) is 71.9 Å². The van der Waals surface area contributed by atoms with Gasteiger partial charge >= 0.3 is 0 Å². The van der Waals surface area contributed by atoms with E-state index in [0.717, 1.165) is 16.5 Å². The van der Waals surface area contributed by atoms with Crippen LogP contribution in [-0.4, -0.2) is 45.4 Å². The lowest BCUT2D eigenvalue weighted by molar-refractivity contribution is -0.123. The molecule has 0 radical (unpaired) electrons. The van der Waals surface area contributed by atoms with Gasteiger partial charge in [0.25, 0.3) is 5.91 Å². The van der Waals surface area contributed by atoms with Crippen molar-refractivity contribution in [3.63, 3.8) is 0 Å². The molecule has 0 bridgehead atoms. The molecule has 3 rings (SSSR count). The predicted molar refractivity (Wildman–Crippen MR) is 124 cm³/mol. The Morgan fingerprint density at radius 1 is 1.13 bits per heavy atom. The van der Waals surface area contributed by atoms with Crippen LogP contribution in [0.2, 0.25) is 0 Å². The number of aromatic amines is 1. The summed E-state index contributed by atoms with van der Waals surface area (Å²) in [6.07, 6.45) is 7.85. The van der Waals surface area contributed by atoms with Gasteiger partial charge in [-0.05, 0) is 17.7 Å². The van der Waals surface area contributed by atoms with E-state index in [4.69, 9.17) is 6.42 Å². The highest BCUT2D eigenvalue weighted by Gasteiger charge is 2.24. The van der Waals surface area contributed by atoms with E-state index in [2.05, 4.69) is 21.5 Å². The Hall–Kier alpha value is -3.21. The largest absolute Gasteiger partial charge is 0.617 e. The number of H-pyrrole nitrogens is 1. The summed E-state index contributed by atoms with van der Waals surface area (Å²) in [5.74, 6) is 2.16. The van der Waals surface area contributed by atoms with Gasteiger partial charge in [0.15, 0.2) is 0 Å². The van der Waals surface area contributed by atoms with E-state index in [1.54, 1.807) is 12.3 Å². The first-order chi connectivity index (χ1) is 15.0. The maximum absolute atomic E-state index is 13.0. The van der Waals surface area contributed by atoms with Crippen molar-refractivity contribution in [2.24, 2.45) is 0 Å². The molecule has 1 aromatic heterocycles. The van der Waals surface area contributed by atoms with Crippen LogP contribution in [0.1, 0.15) is 22.5 Å². The number of rotatable bonds is 9. The zero-order valence-corrected chi connectivity index (χ0v) is 18.1. The summed E-state index contributed by atoms with van der Waals surface area (Å²) in [4.78, 5) is 29.0. The van der Waals surface area contributed by atoms with Crippen LogP contribution < -0.4 is 10.6 Å². The third-order valence-electron chi connectivity index (χ3n) is 4.89. The van der Waals surface area contributed by atoms with Crippen molar-refractivity contribution in [2.75, 3.05) is 12.0 Å². The number of carbonyl (C=O) groups is 2. The fraction of sp³-hybridized carbons (Fsp3) is 0.250. The van der Waals surface area contributed by atoms with Crippen molar-refractivity contribution in [1.29, 1.82) is 0 Å². The van der Waals surface area contributed by atoms with Gasteiger partial charge in [0, 0.05) is 23.7 Å². The van der Waals surface area contributed by atoms with Crippen molar-refractivity contribution in [1.82, 2.24) is 15.6 Å². The van der Waals surface area contributed by atoms with Crippen LogP contribution in [0.25, 0.3) is 10.9 Å². The molecule has 0 aliphatic rings. The van der Waals surface area contributed by atoms with Gasteiger partial charge in [-0.3, -0.25) is 9.59 Å². The summed E-state index contributed by atoms with van der Waals surface area (Å²) in [7, 11) is 0. The Morgan fingerprint density at radius 3 is 2.52 bits per heavy atom. The highest BCUT2D eigenvalue weighted by molar-refractivity contribution is 7.90. The highest BCUT2D eigenvalue weighted by Crippen LogP contribution is 2.15. The van der Waals surface area contributed by atoms with Crippen molar-refractivity contribution in [3.8, 4) is 12.3 Å². The average Bonchev–Trinajstić information content (AvgIpc) is 3.21. The van der Waals surface area contributed by atoms with Crippen molar-refractivity contribution in [2.45, 2.75) is 24.9 Å². The van der Waals surface area contributed by atoms with Gasteiger partial charge in [-0.2, -0.15) is 0 Å². The molecule has 3 aromatic rings. The highest BCUT2D eigenvalue weighted by atomic mass is 32.2. The minimum atomic E-state index is -1.01. The summed E-state index contributed by atoms with van der Waals surface area (Å²) in [6.45, 7) is 0. The Kier molecular flexibility index (Phi) is 7.76. The Labute approximate surface area is 185 Å². The molecule has 2 amide bonds. The zero-order chi connectivity index (χ0) is 22.2. The third kappa shape index (κ3) is 6.38. The van der Waals surface area contributed by atoms with Gasteiger partial charge in [-0.25, -0.2) is 0 Å². The van der Waals surface area contributed by atoms with Crippen LogP contribution >= 0.6 is 0 Å². The molecule has 0 fully saturated rings. The van der Waals surface area contributed by atoms with E-state index in [1.807, 2.05) is 54.6 Å². The molecular formula is C24H25N3O3S. The van der Waals surface area contributed by atoms with Crippen molar-refractivity contribution >= 4 is 33.9 Å². The molecule has 0 spiro atoms. The number of carbonyl (C=O) groups excluding carboxylic acids is 2. The molecule has 1 unspecified atom stereocenters. The average molecular weight is 436 g/mol. The quantitative estimate of drug-likeness (QED) is 0.356. The number of nitrogens with one attached hydrogen (secondary N) is 3. The minimum absolute atomic E-state index is 0.315. The standard InChI is InChI=1S/C24H25N3O3S/c1-3-19(13-14-31(2)30)25-23(28)21(15-17-9-5-4-6-10-17)27-24(29)22-16-18-11-7-8-12-20(18)26-22/h1,4-12,16,19,21,26H,13-15H2,2H3,(H,25,28)(H,27,29)/t19-,21+,31?/m1/s1. The summed E-state index contributed by atoms with van der Waals surface area (Å²) >= 11 is -1.01. The SMILES string of the molecule is C#C[C@H](CC[S+](C)[O-])NC(=O)[C@H](Cc1ccccc1)NC(=O)c1cc2ccccc2[nH]1. The van der Waals surface area contributed by atoms with Gasteiger partial charge in [0.1, 0.15) is 17.5 Å². The molecule has 0 aliphatic heterocycles. The lowest BCUT2D eigenvalue weighted by Gasteiger charge is -2.21. The number of amides is 2. The normalized spacial score (nSPS) is 13.7. The molecule has 0 aliphatic carbocycles. The van der Waals surface area contributed by atoms with E-state index in [-0.39, 0.29) is 11.8 Å². The topological polar surface area (TPSA) is 97.0 Å². The Morgan fingerprint density at radius 2 is 1.84 bits per heavy atom. The maximum atomic E-state index is 13.0. The lowest BCUT2D eigenvalue weighted by atomic mass is 10.0. The number of para-hydroxylation sites is 1. The minimum Gasteiger partial charge on any atom is -0.617 e. The van der Waals surface area contributed by atoms with Crippen LogP contribution in [-0.2, 0) is 22.4 Å². The first-order valence-corrected chi connectivity index (χ1v) is 11.7. The van der Waals surface area contributed by atoms with E-state index in [0.29, 0.717) is 24.3 Å². The number of benzene rings is 2. The molecule has 31 heavy (non-hydrogen) atoms. The smallest absolute Gasteiger partial charge is 0.268 e. The van der Waals surface area contributed by atoms with Gasteiger partial charge < -0.3 is 20.2 Å². The van der Waals surface area contributed by atoms with Gasteiger partial charge in [0.05, 0.1) is 12.3 Å². The van der Waals surface area contributed by atoms with E-state index in [1.165, 1.54) is 0 Å². The maximum Gasteiger partial charge on any atom is 0.268 e. The fourth-order valence-corrected chi connectivity index (χ4v) is 3.81. The molecule has 0 saturated carbocycles. The Bertz CT molecular complexity index is 1040. The summed E-state index contributed by atoms with van der Waals surface area (Å²) in [6, 6.07) is 17.4. The lowest BCUT2D eigenvalue weighted by Crippen LogP contribution is -2.50. The van der Waals surface area contributed by atoms with Crippen LogP contribution in [0.4, 0.5) is 0 Å². The summed E-state index contributed by atoms with van der Waals surface area (Å²) < 4.78 is 11.4. The molecule has 1 heterocycles. The summed E-state index contributed by atoms with van der Waals surface area (Å²) in [5.41, 5.74) is 2.13. The second kappa shape index (κ2) is 10.7. The predicted octanol–water partition coefficient (Wildman–Crippen LogP) is 2.40. The van der Waals surface area contributed by atoms with E-state index in [9.17, 15) is 14.1 Å².